The van der Waals surface area contributed by atoms with Crippen molar-refractivity contribution in [3.8, 4) is 5.82 Å². The van der Waals surface area contributed by atoms with Gasteiger partial charge in [0.1, 0.15) is 0 Å². The number of nitrogens with zero attached hydrogens (tertiary/aromatic N) is 3. The SMILES string of the molecule is Cc1c(C(C)NCC(C)CCO)cnn1-c1ccccn1. The summed E-state index contributed by atoms with van der Waals surface area (Å²) in [5.41, 5.74) is 2.28. The minimum Gasteiger partial charge on any atom is -0.396 e. The molecule has 2 heterocycles. The van der Waals surface area contributed by atoms with E-state index in [1.54, 1.807) is 6.20 Å². The molecule has 0 radical (unpaired) electrons. The van der Waals surface area contributed by atoms with Crippen LogP contribution in [0, 0.1) is 12.8 Å². The van der Waals surface area contributed by atoms with E-state index in [2.05, 4.69) is 36.2 Å². The molecule has 0 aliphatic heterocycles. The highest BCUT2D eigenvalue weighted by Crippen LogP contribution is 2.19. The zero-order chi connectivity index (χ0) is 15.2. The minimum atomic E-state index is 0.226. The van der Waals surface area contributed by atoms with Crippen LogP contribution in [0.2, 0.25) is 0 Å². The number of pyridine rings is 1. The Balaban J connectivity index is 2.06. The summed E-state index contributed by atoms with van der Waals surface area (Å²) in [7, 11) is 0. The fourth-order valence-electron chi connectivity index (χ4n) is 2.37. The Morgan fingerprint density at radius 1 is 1.33 bits per heavy atom. The van der Waals surface area contributed by atoms with Crippen molar-refractivity contribution < 1.29 is 5.11 Å². The lowest BCUT2D eigenvalue weighted by atomic mass is 10.1. The molecule has 2 aromatic rings. The molecule has 2 aromatic heterocycles. The van der Waals surface area contributed by atoms with Crippen LogP contribution >= 0.6 is 0 Å². The predicted molar refractivity (Wildman–Crippen MR) is 83.4 cm³/mol. The van der Waals surface area contributed by atoms with Gasteiger partial charge in [-0.15, -0.1) is 0 Å². The average molecular weight is 288 g/mol. The van der Waals surface area contributed by atoms with Crippen molar-refractivity contribution in [2.45, 2.75) is 33.2 Å². The summed E-state index contributed by atoms with van der Waals surface area (Å²) in [6.07, 6.45) is 4.50. The molecule has 0 amide bonds. The third kappa shape index (κ3) is 3.89. The summed E-state index contributed by atoms with van der Waals surface area (Å²) in [4.78, 5) is 4.33. The molecular formula is C16H24N4O. The largest absolute Gasteiger partial charge is 0.396 e. The fourth-order valence-corrected chi connectivity index (χ4v) is 2.37. The second-order valence-electron chi connectivity index (χ2n) is 5.53. The molecule has 5 heteroatoms. The molecular weight excluding hydrogens is 264 g/mol. The van der Waals surface area contributed by atoms with E-state index in [9.17, 15) is 0 Å². The number of aromatic nitrogens is 3. The van der Waals surface area contributed by atoms with Crippen LogP contribution in [0.15, 0.2) is 30.6 Å². The molecule has 2 unspecified atom stereocenters. The standard InChI is InChI=1S/C16H24N4O/c1-12(7-9-21)10-18-13(2)15-11-19-20(14(15)3)16-6-4-5-8-17-16/h4-6,8,11-13,18,21H,7,9-10H2,1-3H3. The zero-order valence-electron chi connectivity index (χ0n) is 13.0. The van der Waals surface area contributed by atoms with Crippen molar-refractivity contribution in [2.24, 2.45) is 5.92 Å². The molecule has 114 valence electrons. The normalized spacial score (nSPS) is 14.1. The van der Waals surface area contributed by atoms with Gasteiger partial charge in [-0.25, -0.2) is 9.67 Å². The molecule has 2 atom stereocenters. The Kier molecular flexibility index (Phi) is 5.47. The maximum absolute atomic E-state index is 8.94. The van der Waals surface area contributed by atoms with Gasteiger partial charge in [0.15, 0.2) is 5.82 Å². The number of nitrogens with one attached hydrogen (secondary N) is 1. The Morgan fingerprint density at radius 2 is 2.14 bits per heavy atom. The average Bonchev–Trinajstić information content (AvgIpc) is 2.88. The zero-order valence-corrected chi connectivity index (χ0v) is 13.0. The van der Waals surface area contributed by atoms with E-state index < -0.39 is 0 Å². The molecule has 0 aliphatic carbocycles. The summed E-state index contributed by atoms with van der Waals surface area (Å²) in [6, 6.07) is 6.03. The number of hydrogen-bond donors (Lipinski definition) is 2. The van der Waals surface area contributed by atoms with Gasteiger partial charge in [0.2, 0.25) is 0 Å². The molecule has 0 saturated heterocycles. The van der Waals surface area contributed by atoms with E-state index in [-0.39, 0.29) is 12.6 Å². The van der Waals surface area contributed by atoms with Crippen LogP contribution in [0.3, 0.4) is 0 Å². The molecule has 0 bridgehead atoms. The second-order valence-corrected chi connectivity index (χ2v) is 5.53. The van der Waals surface area contributed by atoms with Gasteiger partial charge < -0.3 is 10.4 Å². The summed E-state index contributed by atoms with van der Waals surface area (Å²) in [5, 5.41) is 16.9. The first-order valence-electron chi connectivity index (χ1n) is 7.43. The van der Waals surface area contributed by atoms with Gasteiger partial charge in [-0.1, -0.05) is 13.0 Å². The van der Waals surface area contributed by atoms with Crippen molar-refractivity contribution in [2.75, 3.05) is 13.2 Å². The first-order chi connectivity index (χ1) is 10.1. The third-order valence-electron chi connectivity index (χ3n) is 3.77. The topological polar surface area (TPSA) is 63.0 Å². The van der Waals surface area contributed by atoms with Gasteiger partial charge in [-0.3, -0.25) is 0 Å². The number of aliphatic hydroxyl groups excluding tert-OH is 1. The highest BCUT2D eigenvalue weighted by Gasteiger charge is 2.15. The van der Waals surface area contributed by atoms with Crippen LogP contribution in [-0.4, -0.2) is 33.0 Å². The Labute approximate surface area is 126 Å². The van der Waals surface area contributed by atoms with Gasteiger partial charge in [-0.05, 0) is 44.9 Å². The number of aliphatic hydroxyl groups is 1. The molecule has 5 nitrogen and oxygen atoms in total. The Hall–Kier alpha value is -1.72. The molecule has 21 heavy (non-hydrogen) atoms. The van der Waals surface area contributed by atoms with Crippen molar-refractivity contribution in [3.63, 3.8) is 0 Å². The Bertz CT molecular complexity index is 553. The lowest BCUT2D eigenvalue weighted by Crippen LogP contribution is -2.25. The monoisotopic (exact) mass is 288 g/mol. The minimum absolute atomic E-state index is 0.226. The number of hydrogen-bond acceptors (Lipinski definition) is 4. The highest BCUT2D eigenvalue weighted by atomic mass is 16.3. The highest BCUT2D eigenvalue weighted by molar-refractivity contribution is 5.29. The summed E-state index contributed by atoms with van der Waals surface area (Å²) in [6.45, 7) is 7.47. The quantitative estimate of drug-likeness (QED) is 0.820. The van der Waals surface area contributed by atoms with Gasteiger partial charge >= 0.3 is 0 Å². The van der Waals surface area contributed by atoms with Gasteiger partial charge in [0.05, 0.1) is 6.20 Å². The predicted octanol–water partition coefficient (Wildman–Crippen LogP) is 2.24. The van der Waals surface area contributed by atoms with E-state index in [4.69, 9.17) is 5.11 Å². The maximum atomic E-state index is 8.94. The number of rotatable bonds is 7. The van der Waals surface area contributed by atoms with Crippen LogP contribution in [-0.2, 0) is 0 Å². The molecule has 0 fully saturated rings. The molecule has 0 spiro atoms. The van der Waals surface area contributed by atoms with Gasteiger partial charge in [0.25, 0.3) is 0 Å². The van der Waals surface area contributed by atoms with Crippen molar-refractivity contribution in [1.29, 1.82) is 0 Å². The van der Waals surface area contributed by atoms with Crippen LogP contribution in [0.5, 0.6) is 0 Å². The second kappa shape index (κ2) is 7.33. The molecule has 0 aliphatic rings. The van der Waals surface area contributed by atoms with Crippen LogP contribution in [0.1, 0.15) is 37.6 Å². The molecule has 2 rings (SSSR count). The van der Waals surface area contributed by atoms with Crippen LogP contribution < -0.4 is 5.32 Å². The third-order valence-corrected chi connectivity index (χ3v) is 3.77. The molecule has 0 aromatic carbocycles. The van der Waals surface area contributed by atoms with Crippen LogP contribution in [0.4, 0.5) is 0 Å². The lowest BCUT2D eigenvalue weighted by Gasteiger charge is -2.17. The van der Waals surface area contributed by atoms with Crippen molar-refractivity contribution in [3.05, 3.63) is 41.9 Å². The van der Waals surface area contributed by atoms with E-state index in [1.807, 2.05) is 29.1 Å². The van der Waals surface area contributed by atoms with Gasteiger partial charge in [-0.2, -0.15) is 5.10 Å². The van der Waals surface area contributed by atoms with Crippen molar-refractivity contribution in [1.82, 2.24) is 20.1 Å². The van der Waals surface area contributed by atoms with Crippen molar-refractivity contribution >= 4 is 0 Å². The molecule has 0 saturated carbocycles. The summed E-state index contributed by atoms with van der Waals surface area (Å²) in [5.74, 6) is 1.30. The van der Waals surface area contributed by atoms with E-state index in [0.29, 0.717) is 5.92 Å². The lowest BCUT2D eigenvalue weighted by molar-refractivity contribution is 0.258. The summed E-state index contributed by atoms with van der Waals surface area (Å²) < 4.78 is 1.87. The van der Waals surface area contributed by atoms with Crippen LogP contribution in [0.25, 0.3) is 5.82 Å². The Morgan fingerprint density at radius 3 is 2.81 bits per heavy atom. The van der Waals surface area contributed by atoms with E-state index in [0.717, 1.165) is 24.5 Å². The van der Waals surface area contributed by atoms with E-state index in [1.165, 1.54) is 5.56 Å². The maximum Gasteiger partial charge on any atom is 0.153 e. The first-order valence-corrected chi connectivity index (χ1v) is 7.43. The van der Waals surface area contributed by atoms with E-state index >= 15 is 0 Å². The molecule has 2 N–H and O–H groups in total. The summed E-state index contributed by atoms with van der Waals surface area (Å²) >= 11 is 0. The first kappa shape index (κ1) is 15.7. The smallest absolute Gasteiger partial charge is 0.153 e. The van der Waals surface area contributed by atoms with Gasteiger partial charge in [0, 0.05) is 30.1 Å². The fraction of sp³-hybridized carbons (Fsp3) is 0.500.